The third kappa shape index (κ3) is 57.5. The Balaban J connectivity index is 4.62. The maximum Gasteiger partial charge on any atom is 0.306 e. The molecule has 0 aliphatic heterocycles. The first-order valence-corrected chi connectivity index (χ1v) is 28.6. The summed E-state index contributed by atoms with van der Waals surface area (Å²) in [5.41, 5.74) is 0. The predicted octanol–water partition coefficient (Wildman–Crippen LogP) is 19.5. The van der Waals surface area contributed by atoms with Crippen LogP contribution in [0.1, 0.15) is 213 Å². The van der Waals surface area contributed by atoms with Gasteiger partial charge in [-0.15, -0.1) is 0 Å². The van der Waals surface area contributed by atoms with E-state index in [-0.39, 0.29) is 38.0 Å². The molecule has 0 saturated carbocycles. The van der Waals surface area contributed by atoms with E-state index in [1.165, 1.54) is 25.7 Å². The number of carbonyl (C=O) groups is 3. The molecular weight excluding hydrogens is 901 g/mol. The van der Waals surface area contributed by atoms with Crippen LogP contribution >= 0.6 is 0 Å². The second-order valence-electron chi connectivity index (χ2n) is 18.1. The largest absolute Gasteiger partial charge is 0.462 e. The van der Waals surface area contributed by atoms with Gasteiger partial charge in [0.2, 0.25) is 0 Å². The van der Waals surface area contributed by atoms with E-state index in [1.54, 1.807) is 0 Å². The first-order valence-electron chi connectivity index (χ1n) is 28.6. The third-order valence-electron chi connectivity index (χ3n) is 11.2. The zero-order chi connectivity index (χ0) is 52.9. The topological polar surface area (TPSA) is 78.9 Å². The van der Waals surface area contributed by atoms with E-state index in [1.807, 2.05) is 0 Å². The maximum atomic E-state index is 12.8. The van der Waals surface area contributed by atoms with Crippen molar-refractivity contribution in [2.24, 2.45) is 0 Å². The number of allylic oxidation sites excluding steroid dienone is 28. The Morgan fingerprint density at radius 3 is 0.890 bits per heavy atom. The zero-order valence-corrected chi connectivity index (χ0v) is 46.3. The lowest BCUT2D eigenvalue weighted by Gasteiger charge is -2.18. The summed E-state index contributed by atoms with van der Waals surface area (Å²) in [5, 5.41) is 0. The van der Waals surface area contributed by atoms with E-state index in [0.717, 1.165) is 135 Å². The number of rotatable bonds is 49. The Kier molecular flexibility index (Phi) is 55.1. The monoisotopic (exact) mass is 1000 g/mol. The molecule has 0 spiro atoms. The zero-order valence-electron chi connectivity index (χ0n) is 46.3. The standard InChI is InChI=1S/C67H102O6/c1-4-7-10-13-16-19-22-25-28-30-31-32-33-34-35-37-39-42-45-48-51-54-57-60-66(69)72-63-64(62-71-65(68)59-56-53-50-47-44-41-38-27-24-21-18-15-12-9-6-3)73-67(70)61-58-55-52-49-46-43-40-36-29-26-23-20-17-14-11-8-5-2/h7-8,10-11,16-21,25-29,31-32,34-35,38-40,42-43,48-49,51-52,64H,4-6,9,12-15,22-24,30,33,36-37,41,44-47,50,53-63H2,1-3H3/b10-7-,11-8-,19-16-,20-17-,21-18-,28-25-,29-26-,32-31-,35-34-,38-27-,42-39-,43-40-,51-48-,52-49-. The number of carbonyl (C=O) groups excluding carboxylic acids is 3. The van der Waals surface area contributed by atoms with Gasteiger partial charge in [0.15, 0.2) is 6.10 Å². The molecule has 0 aliphatic carbocycles. The molecule has 73 heavy (non-hydrogen) atoms. The number of unbranched alkanes of at least 4 members (excludes halogenated alkanes) is 10. The second-order valence-corrected chi connectivity index (χ2v) is 18.1. The Morgan fingerprint density at radius 2 is 0.548 bits per heavy atom. The smallest absolute Gasteiger partial charge is 0.306 e. The highest BCUT2D eigenvalue weighted by atomic mass is 16.6. The van der Waals surface area contributed by atoms with Crippen molar-refractivity contribution in [1.29, 1.82) is 0 Å². The molecule has 0 aromatic carbocycles. The van der Waals surface area contributed by atoms with Crippen molar-refractivity contribution in [3.05, 3.63) is 170 Å². The molecule has 6 nitrogen and oxygen atoms in total. The predicted molar refractivity (Wildman–Crippen MR) is 315 cm³/mol. The highest BCUT2D eigenvalue weighted by Gasteiger charge is 2.19. The van der Waals surface area contributed by atoms with E-state index in [2.05, 4.69) is 191 Å². The van der Waals surface area contributed by atoms with Crippen LogP contribution in [0.5, 0.6) is 0 Å². The molecular formula is C67H102O6. The number of hydrogen-bond donors (Lipinski definition) is 0. The lowest BCUT2D eigenvalue weighted by Crippen LogP contribution is -2.30. The first kappa shape index (κ1) is 67.8. The lowest BCUT2D eigenvalue weighted by molar-refractivity contribution is -0.167. The molecule has 0 bridgehead atoms. The molecule has 0 amide bonds. The van der Waals surface area contributed by atoms with Crippen LogP contribution in [0.2, 0.25) is 0 Å². The van der Waals surface area contributed by atoms with Crippen LogP contribution in [0.25, 0.3) is 0 Å². The van der Waals surface area contributed by atoms with E-state index in [4.69, 9.17) is 14.2 Å². The summed E-state index contributed by atoms with van der Waals surface area (Å²) in [6.07, 6.45) is 87.8. The summed E-state index contributed by atoms with van der Waals surface area (Å²) in [6.45, 7) is 6.25. The Morgan fingerprint density at radius 1 is 0.288 bits per heavy atom. The molecule has 0 rings (SSSR count). The van der Waals surface area contributed by atoms with Gasteiger partial charge in [0.1, 0.15) is 13.2 Å². The van der Waals surface area contributed by atoms with Gasteiger partial charge in [0.05, 0.1) is 0 Å². The van der Waals surface area contributed by atoms with Crippen LogP contribution in [0.3, 0.4) is 0 Å². The van der Waals surface area contributed by atoms with Gasteiger partial charge in [0, 0.05) is 19.3 Å². The molecule has 1 atom stereocenters. The van der Waals surface area contributed by atoms with Gasteiger partial charge in [-0.3, -0.25) is 14.4 Å². The number of ether oxygens (including phenoxy) is 3. The summed E-state index contributed by atoms with van der Waals surface area (Å²) in [6, 6.07) is 0. The van der Waals surface area contributed by atoms with E-state index < -0.39 is 12.1 Å². The van der Waals surface area contributed by atoms with Crippen molar-refractivity contribution < 1.29 is 28.6 Å². The average Bonchev–Trinajstić information content (AvgIpc) is 3.39. The summed E-state index contributed by atoms with van der Waals surface area (Å²) in [7, 11) is 0. The number of hydrogen-bond acceptors (Lipinski definition) is 6. The van der Waals surface area contributed by atoms with Crippen LogP contribution in [-0.4, -0.2) is 37.2 Å². The minimum atomic E-state index is -0.847. The normalized spacial score (nSPS) is 13.4. The fourth-order valence-corrected chi connectivity index (χ4v) is 6.97. The SMILES string of the molecule is CC/C=C\C/C=C\C/C=C\C/C=C\C/C=C\C/C=C\C/C=C\CCCC(=O)OCC(COC(=O)CCCCCCC/C=C\C/C=C\CCCCC)OC(=O)CCC/C=C\C/C=C\C/C=C\C/C=C\C/C=C\CC. The van der Waals surface area contributed by atoms with Crippen molar-refractivity contribution in [2.45, 2.75) is 219 Å². The third-order valence-corrected chi connectivity index (χ3v) is 11.2. The van der Waals surface area contributed by atoms with Gasteiger partial charge in [-0.05, 0) is 141 Å². The minimum absolute atomic E-state index is 0.135. The van der Waals surface area contributed by atoms with Crippen LogP contribution in [0, 0.1) is 0 Å². The molecule has 0 radical (unpaired) electrons. The molecule has 0 heterocycles. The molecule has 0 aromatic heterocycles. The van der Waals surface area contributed by atoms with Crippen molar-refractivity contribution in [3.63, 3.8) is 0 Å². The van der Waals surface area contributed by atoms with Gasteiger partial charge in [-0.1, -0.05) is 223 Å². The van der Waals surface area contributed by atoms with Crippen molar-refractivity contribution in [1.82, 2.24) is 0 Å². The molecule has 0 fully saturated rings. The Hall–Kier alpha value is -5.23. The molecule has 0 aromatic rings. The molecule has 0 saturated heterocycles. The summed E-state index contributed by atoms with van der Waals surface area (Å²) in [5.74, 6) is -1.08. The van der Waals surface area contributed by atoms with Crippen molar-refractivity contribution >= 4 is 17.9 Å². The van der Waals surface area contributed by atoms with Crippen molar-refractivity contribution in [2.75, 3.05) is 13.2 Å². The summed E-state index contributed by atoms with van der Waals surface area (Å²) >= 11 is 0. The molecule has 6 heteroatoms. The molecule has 1 unspecified atom stereocenters. The van der Waals surface area contributed by atoms with Crippen molar-refractivity contribution in [3.8, 4) is 0 Å². The molecule has 0 N–H and O–H groups in total. The van der Waals surface area contributed by atoms with Gasteiger partial charge in [0.25, 0.3) is 0 Å². The second kappa shape index (κ2) is 59.3. The van der Waals surface area contributed by atoms with Crippen LogP contribution in [0.15, 0.2) is 170 Å². The van der Waals surface area contributed by atoms with Crippen LogP contribution < -0.4 is 0 Å². The van der Waals surface area contributed by atoms with Gasteiger partial charge >= 0.3 is 17.9 Å². The highest BCUT2D eigenvalue weighted by Crippen LogP contribution is 2.11. The fraction of sp³-hybridized carbons (Fsp3) is 0.537. The van der Waals surface area contributed by atoms with E-state index >= 15 is 0 Å². The quantitative estimate of drug-likeness (QED) is 0.0261. The lowest BCUT2D eigenvalue weighted by atomic mass is 10.1. The summed E-state index contributed by atoms with van der Waals surface area (Å²) in [4.78, 5) is 38.1. The van der Waals surface area contributed by atoms with Gasteiger partial charge < -0.3 is 14.2 Å². The minimum Gasteiger partial charge on any atom is -0.462 e. The maximum absolute atomic E-state index is 12.8. The van der Waals surface area contributed by atoms with Gasteiger partial charge in [-0.25, -0.2) is 0 Å². The van der Waals surface area contributed by atoms with E-state index in [9.17, 15) is 14.4 Å². The van der Waals surface area contributed by atoms with E-state index in [0.29, 0.717) is 19.3 Å². The average molecular weight is 1000 g/mol. The highest BCUT2D eigenvalue weighted by molar-refractivity contribution is 5.71. The number of esters is 3. The summed E-state index contributed by atoms with van der Waals surface area (Å²) < 4.78 is 16.7. The van der Waals surface area contributed by atoms with Crippen LogP contribution in [0.4, 0.5) is 0 Å². The molecule has 0 aliphatic rings. The molecule has 406 valence electrons. The first-order chi connectivity index (χ1) is 36.0. The Labute approximate surface area is 447 Å². The van der Waals surface area contributed by atoms with Crippen LogP contribution in [-0.2, 0) is 28.6 Å². The Bertz CT molecular complexity index is 1720. The fourth-order valence-electron chi connectivity index (χ4n) is 6.97. The van der Waals surface area contributed by atoms with Gasteiger partial charge in [-0.2, -0.15) is 0 Å².